The first-order chi connectivity index (χ1) is 15.3. The molecule has 7 nitrogen and oxygen atoms in total. The van der Waals surface area contributed by atoms with Gasteiger partial charge in [0, 0.05) is 31.0 Å². The molecule has 1 amide bonds. The monoisotopic (exact) mass is 491 g/mol. The lowest BCUT2D eigenvalue weighted by molar-refractivity contribution is -0.122. The van der Waals surface area contributed by atoms with Crippen LogP contribution in [0.4, 0.5) is 0 Å². The number of sulfonamides is 1. The number of piperidine rings is 1. The van der Waals surface area contributed by atoms with Gasteiger partial charge in [-0.25, -0.2) is 8.42 Å². The van der Waals surface area contributed by atoms with E-state index in [0.717, 1.165) is 10.2 Å². The molecular weight excluding hydrogens is 466 g/mol. The lowest BCUT2D eigenvalue weighted by atomic mass is 9.98. The molecule has 0 N–H and O–H groups in total. The zero-order valence-electron chi connectivity index (χ0n) is 18.1. The highest BCUT2D eigenvalue weighted by atomic mass is 32.2. The molecule has 0 bridgehead atoms. The summed E-state index contributed by atoms with van der Waals surface area (Å²) in [6, 6.07) is 12.6. The third-order valence-corrected chi connectivity index (χ3v) is 9.46. The number of carbonyl (C=O) groups is 1. The maximum absolute atomic E-state index is 12.9. The third kappa shape index (κ3) is 4.50. The molecule has 170 valence electrons. The highest BCUT2D eigenvalue weighted by Gasteiger charge is 2.32. The van der Waals surface area contributed by atoms with Gasteiger partial charge in [0.2, 0.25) is 10.0 Å². The number of hydrogen-bond acceptors (Lipinski definition) is 6. The second kappa shape index (κ2) is 9.38. The summed E-state index contributed by atoms with van der Waals surface area (Å²) in [5.74, 6) is 0.150. The summed E-state index contributed by atoms with van der Waals surface area (Å²) < 4.78 is 35.4. The SMILES string of the molecule is COc1ccc(S(=O)(=O)N2CCC(C(=O)N=c3sc4cc(SC)ccc4n3C)CC2)cc1. The number of fused-ring (bicyclic) bond motifs is 1. The minimum absolute atomic E-state index is 0.182. The summed E-state index contributed by atoms with van der Waals surface area (Å²) >= 11 is 3.17. The molecule has 0 aliphatic carbocycles. The van der Waals surface area contributed by atoms with Crippen LogP contribution in [-0.2, 0) is 21.9 Å². The zero-order valence-corrected chi connectivity index (χ0v) is 20.6. The predicted molar refractivity (Wildman–Crippen MR) is 128 cm³/mol. The average Bonchev–Trinajstić information content (AvgIpc) is 3.13. The number of rotatable bonds is 5. The Morgan fingerprint density at radius 3 is 2.47 bits per heavy atom. The summed E-state index contributed by atoms with van der Waals surface area (Å²) in [7, 11) is -0.145. The van der Waals surface area contributed by atoms with Gasteiger partial charge in [0.05, 0.1) is 22.2 Å². The Morgan fingerprint density at radius 1 is 1.16 bits per heavy atom. The molecule has 3 aromatic rings. The summed E-state index contributed by atoms with van der Waals surface area (Å²) in [5, 5.41) is 0. The lowest BCUT2D eigenvalue weighted by Gasteiger charge is -2.29. The standard InChI is InChI=1S/C22H25N3O4S3/c1-24-19-9-6-17(30-3)14-20(19)31-22(24)23-21(26)15-10-12-25(13-11-15)32(27,28)18-7-4-16(29-2)5-8-18/h4-9,14-15H,10-13H2,1-3H3. The Bertz CT molecular complexity index is 1300. The van der Waals surface area contributed by atoms with Crippen LogP contribution >= 0.6 is 23.1 Å². The van der Waals surface area contributed by atoms with E-state index in [1.165, 1.54) is 27.6 Å². The van der Waals surface area contributed by atoms with Crippen LogP contribution in [0.3, 0.4) is 0 Å². The fourth-order valence-electron chi connectivity index (χ4n) is 3.77. The van der Waals surface area contributed by atoms with Gasteiger partial charge in [0.25, 0.3) is 5.91 Å². The van der Waals surface area contributed by atoms with E-state index in [0.29, 0.717) is 36.5 Å². The largest absolute Gasteiger partial charge is 0.497 e. The van der Waals surface area contributed by atoms with Crippen molar-refractivity contribution >= 4 is 49.2 Å². The fourth-order valence-corrected chi connectivity index (χ4v) is 6.82. The molecule has 1 fully saturated rings. The molecule has 0 atom stereocenters. The van der Waals surface area contributed by atoms with Crippen molar-refractivity contribution in [3.63, 3.8) is 0 Å². The molecule has 4 rings (SSSR count). The van der Waals surface area contributed by atoms with Crippen LogP contribution in [0.1, 0.15) is 12.8 Å². The van der Waals surface area contributed by atoms with Crippen molar-refractivity contribution < 1.29 is 17.9 Å². The molecule has 0 spiro atoms. The summed E-state index contributed by atoms with van der Waals surface area (Å²) in [5.41, 5.74) is 1.04. The summed E-state index contributed by atoms with van der Waals surface area (Å²) in [6.45, 7) is 0.603. The normalized spacial score (nSPS) is 16.5. The van der Waals surface area contributed by atoms with E-state index >= 15 is 0 Å². The smallest absolute Gasteiger partial charge is 0.251 e. The van der Waals surface area contributed by atoms with Gasteiger partial charge >= 0.3 is 0 Å². The van der Waals surface area contributed by atoms with Gasteiger partial charge in [-0.2, -0.15) is 9.30 Å². The van der Waals surface area contributed by atoms with Crippen LogP contribution in [0.5, 0.6) is 5.75 Å². The van der Waals surface area contributed by atoms with Gasteiger partial charge in [0.1, 0.15) is 5.75 Å². The van der Waals surface area contributed by atoms with E-state index in [1.807, 2.05) is 23.9 Å². The van der Waals surface area contributed by atoms with Gasteiger partial charge in [-0.1, -0.05) is 11.3 Å². The third-order valence-electron chi connectivity index (χ3n) is 5.72. The first kappa shape index (κ1) is 23.0. The molecule has 0 saturated carbocycles. The van der Waals surface area contributed by atoms with Crippen molar-refractivity contribution in [2.45, 2.75) is 22.6 Å². The van der Waals surface area contributed by atoms with E-state index in [-0.39, 0.29) is 16.7 Å². The fraction of sp³-hybridized carbons (Fsp3) is 0.364. The molecule has 1 aliphatic heterocycles. The van der Waals surface area contributed by atoms with Gasteiger partial charge in [0.15, 0.2) is 4.80 Å². The van der Waals surface area contributed by atoms with Crippen LogP contribution in [-0.4, -0.2) is 49.7 Å². The topological polar surface area (TPSA) is 81.0 Å². The zero-order chi connectivity index (χ0) is 22.9. The van der Waals surface area contributed by atoms with Crippen molar-refractivity contribution in [1.82, 2.24) is 8.87 Å². The van der Waals surface area contributed by atoms with Crippen LogP contribution in [0.2, 0.25) is 0 Å². The molecule has 10 heteroatoms. The molecule has 0 unspecified atom stereocenters. The van der Waals surface area contributed by atoms with Crippen molar-refractivity contribution in [1.29, 1.82) is 0 Å². The molecule has 2 aromatic carbocycles. The molecule has 32 heavy (non-hydrogen) atoms. The Labute approximate surface area is 195 Å². The number of aryl methyl sites for hydroxylation is 1. The lowest BCUT2D eigenvalue weighted by Crippen LogP contribution is -2.40. The number of amides is 1. The van der Waals surface area contributed by atoms with Crippen LogP contribution in [0, 0.1) is 5.92 Å². The van der Waals surface area contributed by atoms with Crippen molar-refractivity contribution in [2.75, 3.05) is 26.5 Å². The maximum atomic E-state index is 12.9. The average molecular weight is 492 g/mol. The van der Waals surface area contributed by atoms with E-state index in [4.69, 9.17) is 4.74 Å². The number of benzene rings is 2. The number of nitrogens with zero attached hydrogens (tertiary/aromatic N) is 3. The highest BCUT2D eigenvalue weighted by Crippen LogP contribution is 2.26. The number of aromatic nitrogens is 1. The molecule has 2 heterocycles. The molecule has 1 aromatic heterocycles. The number of thioether (sulfide) groups is 1. The predicted octanol–water partition coefficient (Wildman–Crippen LogP) is 3.50. The van der Waals surface area contributed by atoms with Gasteiger partial charge in [-0.05, 0) is 61.6 Å². The number of methoxy groups -OCH3 is 1. The van der Waals surface area contributed by atoms with Crippen molar-refractivity contribution in [3.05, 3.63) is 47.3 Å². The Morgan fingerprint density at radius 2 is 1.84 bits per heavy atom. The van der Waals surface area contributed by atoms with Crippen LogP contribution in [0.15, 0.2) is 57.2 Å². The van der Waals surface area contributed by atoms with E-state index in [2.05, 4.69) is 17.1 Å². The van der Waals surface area contributed by atoms with Crippen molar-refractivity contribution in [3.8, 4) is 5.75 Å². The Balaban J connectivity index is 1.47. The number of carbonyl (C=O) groups excluding carboxylic acids is 1. The van der Waals surface area contributed by atoms with E-state index in [1.54, 1.807) is 36.0 Å². The van der Waals surface area contributed by atoms with Crippen LogP contribution < -0.4 is 9.54 Å². The Kier molecular flexibility index (Phi) is 6.75. The second-order valence-electron chi connectivity index (χ2n) is 7.58. The van der Waals surface area contributed by atoms with Crippen molar-refractivity contribution in [2.24, 2.45) is 18.0 Å². The second-order valence-corrected chi connectivity index (χ2v) is 11.4. The maximum Gasteiger partial charge on any atom is 0.251 e. The number of hydrogen-bond donors (Lipinski definition) is 0. The highest BCUT2D eigenvalue weighted by molar-refractivity contribution is 7.98. The summed E-state index contributed by atoms with van der Waals surface area (Å²) in [4.78, 5) is 19.3. The van der Waals surface area contributed by atoms with Gasteiger partial charge in [-0.3, -0.25) is 4.79 Å². The van der Waals surface area contributed by atoms with Crippen LogP contribution in [0.25, 0.3) is 10.2 Å². The minimum atomic E-state index is -3.59. The molecule has 1 aliphatic rings. The van der Waals surface area contributed by atoms with E-state index in [9.17, 15) is 13.2 Å². The first-order valence-electron chi connectivity index (χ1n) is 10.2. The molecule has 0 radical (unpaired) electrons. The number of thiazole rings is 1. The van der Waals surface area contributed by atoms with Gasteiger partial charge in [-0.15, -0.1) is 11.8 Å². The molecule has 1 saturated heterocycles. The number of ether oxygens (including phenoxy) is 1. The molecular formula is C22H25N3O4S3. The minimum Gasteiger partial charge on any atom is -0.497 e. The summed E-state index contributed by atoms with van der Waals surface area (Å²) in [6.07, 6.45) is 2.96. The van der Waals surface area contributed by atoms with E-state index < -0.39 is 10.0 Å². The van der Waals surface area contributed by atoms with Gasteiger partial charge < -0.3 is 9.30 Å². The quantitative estimate of drug-likeness (QED) is 0.511. The first-order valence-corrected chi connectivity index (χ1v) is 13.7. The Hall–Kier alpha value is -2.14.